The van der Waals surface area contributed by atoms with Gasteiger partial charge in [-0.05, 0) is 61.5 Å². The van der Waals surface area contributed by atoms with Crippen LogP contribution in [-0.2, 0) is 21.2 Å². The molecule has 1 atom stereocenters. The SMILES string of the molecule is Cc1ccc(=O)n(CC(CS(=O)(=O)c2ccc(Oc3ccc(OC(F)(F)F)cc3)cc2)N(O)C=O)n1. The maximum Gasteiger partial charge on any atom is 0.573 e. The number of carbonyl (C=O) groups is 1. The maximum absolute atomic E-state index is 12.9. The first-order valence-electron chi connectivity index (χ1n) is 10.2. The summed E-state index contributed by atoms with van der Waals surface area (Å²) in [6.07, 6.45) is -4.79. The van der Waals surface area contributed by atoms with Crippen molar-refractivity contribution in [3.8, 4) is 17.2 Å². The van der Waals surface area contributed by atoms with E-state index in [1.54, 1.807) is 6.92 Å². The first-order valence-corrected chi connectivity index (χ1v) is 11.9. The highest BCUT2D eigenvalue weighted by Gasteiger charge is 2.31. The van der Waals surface area contributed by atoms with Crippen molar-refractivity contribution in [2.75, 3.05) is 5.75 Å². The molecule has 0 radical (unpaired) electrons. The summed E-state index contributed by atoms with van der Waals surface area (Å²) < 4.78 is 72.8. The lowest BCUT2D eigenvalue weighted by Crippen LogP contribution is -2.43. The van der Waals surface area contributed by atoms with Crippen LogP contribution in [0.3, 0.4) is 0 Å². The third kappa shape index (κ3) is 7.29. The first kappa shape index (κ1) is 26.7. The Kier molecular flexibility index (Phi) is 8.00. The van der Waals surface area contributed by atoms with E-state index in [4.69, 9.17) is 4.74 Å². The molecule has 0 spiro atoms. The van der Waals surface area contributed by atoms with E-state index in [2.05, 4.69) is 9.84 Å². The predicted molar refractivity (Wildman–Crippen MR) is 118 cm³/mol. The van der Waals surface area contributed by atoms with E-state index >= 15 is 0 Å². The summed E-state index contributed by atoms with van der Waals surface area (Å²) in [7, 11) is -4.05. The van der Waals surface area contributed by atoms with Crippen molar-refractivity contribution in [3.63, 3.8) is 0 Å². The van der Waals surface area contributed by atoms with E-state index in [-0.39, 0.29) is 34.4 Å². The summed E-state index contributed by atoms with van der Waals surface area (Å²) in [4.78, 5) is 23.0. The molecule has 1 heterocycles. The molecule has 14 heteroatoms. The number of hydrogen-bond acceptors (Lipinski definition) is 8. The van der Waals surface area contributed by atoms with E-state index in [1.165, 1.54) is 48.5 Å². The summed E-state index contributed by atoms with van der Waals surface area (Å²) in [5.74, 6) is -0.770. The fourth-order valence-corrected chi connectivity index (χ4v) is 4.60. The largest absolute Gasteiger partial charge is 0.573 e. The van der Waals surface area contributed by atoms with Crippen LogP contribution in [0.15, 0.2) is 70.4 Å². The fourth-order valence-electron chi connectivity index (χ4n) is 3.09. The van der Waals surface area contributed by atoms with Gasteiger partial charge in [-0.3, -0.25) is 14.8 Å². The zero-order valence-corrected chi connectivity index (χ0v) is 19.4. The summed E-state index contributed by atoms with van der Waals surface area (Å²) in [5, 5.41) is 14.1. The van der Waals surface area contributed by atoms with Crippen LogP contribution in [0.5, 0.6) is 17.2 Å². The second-order valence-electron chi connectivity index (χ2n) is 7.51. The van der Waals surface area contributed by atoms with Crippen LogP contribution in [0.25, 0.3) is 0 Å². The topological polar surface area (TPSA) is 128 Å². The highest BCUT2D eigenvalue weighted by atomic mass is 32.2. The zero-order chi connectivity index (χ0) is 26.5. The lowest BCUT2D eigenvalue weighted by molar-refractivity contribution is -0.274. The van der Waals surface area contributed by atoms with Gasteiger partial charge < -0.3 is 9.47 Å². The van der Waals surface area contributed by atoms with E-state index < -0.39 is 39.3 Å². The average Bonchev–Trinajstić information content (AvgIpc) is 2.81. The van der Waals surface area contributed by atoms with Gasteiger partial charge >= 0.3 is 6.36 Å². The monoisotopic (exact) mass is 527 g/mol. The molecule has 0 fully saturated rings. The number of sulfone groups is 1. The van der Waals surface area contributed by atoms with Crippen molar-refractivity contribution in [2.24, 2.45) is 0 Å². The molecular formula is C22H20F3N3O7S. The van der Waals surface area contributed by atoms with Crippen molar-refractivity contribution in [2.45, 2.75) is 30.8 Å². The highest BCUT2D eigenvalue weighted by molar-refractivity contribution is 7.91. The van der Waals surface area contributed by atoms with E-state index in [0.29, 0.717) is 5.69 Å². The molecule has 192 valence electrons. The second-order valence-corrected chi connectivity index (χ2v) is 9.54. The number of halogens is 3. The minimum absolute atomic E-state index is 0.0307. The quantitative estimate of drug-likeness (QED) is 0.242. The van der Waals surface area contributed by atoms with E-state index in [9.17, 15) is 36.4 Å². The van der Waals surface area contributed by atoms with Gasteiger partial charge in [0.25, 0.3) is 5.56 Å². The van der Waals surface area contributed by atoms with Gasteiger partial charge in [-0.25, -0.2) is 18.2 Å². The number of aromatic nitrogens is 2. The summed E-state index contributed by atoms with van der Waals surface area (Å²) in [5.41, 5.74) is -0.0632. The van der Waals surface area contributed by atoms with Crippen LogP contribution >= 0.6 is 0 Å². The Labute approximate surface area is 203 Å². The van der Waals surface area contributed by atoms with Gasteiger partial charge in [-0.15, -0.1) is 13.2 Å². The number of hydroxylamine groups is 2. The molecule has 3 aromatic rings. The first-order chi connectivity index (χ1) is 16.9. The number of aryl methyl sites for hydroxylation is 1. The summed E-state index contributed by atoms with van der Waals surface area (Å²) >= 11 is 0. The number of alkyl halides is 3. The Morgan fingerprint density at radius 1 is 1.03 bits per heavy atom. The molecule has 0 bridgehead atoms. The number of nitrogens with zero attached hydrogens (tertiary/aromatic N) is 3. The van der Waals surface area contributed by atoms with Gasteiger partial charge in [0.15, 0.2) is 9.84 Å². The lowest BCUT2D eigenvalue weighted by atomic mass is 10.3. The predicted octanol–water partition coefficient (Wildman–Crippen LogP) is 2.93. The molecule has 0 aliphatic heterocycles. The van der Waals surface area contributed by atoms with Crippen molar-refractivity contribution in [1.29, 1.82) is 0 Å². The minimum atomic E-state index is -4.83. The van der Waals surface area contributed by atoms with Crippen LogP contribution < -0.4 is 15.0 Å². The summed E-state index contributed by atoms with van der Waals surface area (Å²) in [6, 6.07) is 11.1. The Balaban J connectivity index is 1.72. The smallest absolute Gasteiger partial charge is 0.457 e. The van der Waals surface area contributed by atoms with Gasteiger partial charge in [0.1, 0.15) is 17.2 Å². The van der Waals surface area contributed by atoms with Gasteiger partial charge in [0.05, 0.1) is 28.9 Å². The molecule has 36 heavy (non-hydrogen) atoms. The van der Waals surface area contributed by atoms with Crippen LogP contribution in [0.4, 0.5) is 13.2 Å². The van der Waals surface area contributed by atoms with Crippen molar-refractivity contribution in [3.05, 3.63) is 76.7 Å². The molecule has 1 unspecified atom stereocenters. The molecule has 10 nitrogen and oxygen atoms in total. The number of hydrogen-bond donors (Lipinski definition) is 1. The molecule has 0 aliphatic rings. The Morgan fingerprint density at radius 3 is 2.14 bits per heavy atom. The van der Waals surface area contributed by atoms with Crippen LogP contribution in [0.2, 0.25) is 0 Å². The highest BCUT2D eigenvalue weighted by Crippen LogP contribution is 2.28. The third-order valence-electron chi connectivity index (χ3n) is 4.75. The van der Waals surface area contributed by atoms with Crippen molar-refractivity contribution in [1.82, 2.24) is 14.8 Å². The second kappa shape index (κ2) is 10.8. The molecule has 2 aromatic carbocycles. The summed E-state index contributed by atoms with van der Waals surface area (Å²) in [6.45, 7) is 1.25. The van der Waals surface area contributed by atoms with Gasteiger partial charge in [0, 0.05) is 6.07 Å². The minimum Gasteiger partial charge on any atom is -0.457 e. The van der Waals surface area contributed by atoms with Crippen molar-refractivity contribution < 1.29 is 41.1 Å². The standard InChI is InChI=1S/C22H20F3N3O7S/c1-15-2-11-21(30)27(26-15)12-16(28(31)14-29)13-36(32,33)20-9-7-18(8-10-20)34-17-3-5-19(6-4-17)35-22(23,24)25/h2-11,14,16,31H,12-13H2,1H3. The number of rotatable bonds is 10. The molecule has 0 aliphatic carbocycles. The number of benzene rings is 2. The molecule has 1 N–H and O–H groups in total. The van der Waals surface area contributed by atoms with Crippen LogP contribution in [0.1, 0.15) is 5.69 Å². The van der Waals surface area contributed by atoms with Crippen molar-refractivity contribution >= 4 is 16.2 Å². The number of amides is 1. The van der Waals surface area contributed by atoms with E-state index in [1.807, 2.05) is 0 Å². The van der Waals surface area contributed by atoms with Crippen LogP contribution in [-0.4, -0.2) is 53.0 Å². The number of ether oxygens (including phenoxy) is 2. The Hall–Kier alpha value is -3.91. The lowest BCUT2D eigenvalue weighted by Gasteiger charge is -2.22. The van der Waals surface area contributed by atoms with Crippen LogP contribution in [0, 0.1) is 6.92 Å². The molecule has 3 rings (SSSR count). The normalized spacial score (nSPS) is 12.6. The third-order valence-corrected chi connectivity index (χ3v) is 6.57. The Bertz CT molecular complexity index is 1360. The Morgan fingerprint density at radius 2 is 1.58 bits per heavy atom. The number of carbonyl (C=O) groups excluding carboxylic acids is 1. The molecular weight excluding hydrogens is 507 g/mol. The fraction of sp³-hybridized carbons (Fsp3) is 0.227. The van der Waals surface area contributed by atoms with E-state index in [0.717, 1.165) is 16.8 Å². The molecule has 0 saturated carbocycles. The average molecular weight is 527 g/mol. The molecule has 1 amide bonds. The van der Waals surface area contributed by atoms with Gasteiger partial charge in [-0.2, -0.15) is 5.10 Å². The van der Waals surface area contributed by atoms with Gasteiger partial charge in [0.2, 0.25) is 6.41 Å². The van der Waals surface area contributed by atoms with Gasteiger partial charge in [-0.1, -0.05) is 0 Å². The molecule has 1 aromatic heterocycles. The zero-order valence-electron chi connectivity index (χ0n) is 18.6. The maximum atomic E-state index is 12.9. The molecule has 0 saturated heterocycles.